The Morgan fingerprint density at radius 2 is 1.80 bits per heavy atom. The molecule has 104 valence electrons. The van der Waals surface area contributed by atoms with Gasteiger partial charge in [0.05, 0.1) is 6.61 Å². The van der Waals surface area contributed by atoms with Gasteiger partial charge in [0.15, 0.2) is 0 Å². The molecule has 3 nitrogen and oxygen atoms in total. The number of carbonyl (C=O) groups excluding carboxylic acids is 1. The largest absolute Gasteiger partial charge is 0.493 e. The van der Waals surface area contributed by atoms with Crippen LogP contribution < -0.4 is 10.1 Å². The van der Waals surface area contributed by atoms with Crippen molar-refractivity contribution in [3.05, 3.63) is 47.5 Å². The fourth-order valence-electron chi connectivity index (χ4n) is 2.35. The van der Waals surface area contributed by atoms with Crippen LogP contribution in [0.1, 0.15) is 18.1 Å². The fraction of sp³-hybridized carbons (Fsp3) is 0.235. The molecule has 0 spiro atoms. The molecule has 0 saturated carbocycles. The lowest BCUT2D eigenvalue weighted by atomic mass is 9.99. The van der Waals surface area contributed by atoms with Crippen molar-refractivity contribution in [3.63, 3.8) is 0 Å². The van der Waals surface area contributed by atoms with E-state index in [1.807, 2.05) is 31.2 Å². The number of nitrogens with one attached hydrogen (secondary N) is 1. The molecule has 0 aliphatic rings. The molecule has 1 amide bonds. The number of amides is 1. The van der Waals surface area contributed by atoms with Gasteiger partial charge in [0.1, 0.15) is 5.75 Å². The Bertz CT molecular complexity index is 597. The third kappa shape index (κ3) is 2.99. The lowest BCUT2D eigenvalue weighted by Gasteiger charge is -2.13. The molecule has 0 saturated heterocycles. The minimum Gasteiger partial charge on any atom is -0.493 e. The summed E-state index contributed by atoms with van der Waals surface area (Å²) in [5, 5.41) is 2.67. The van der Waals surface area contributed by atoms with E-state index in [0.717, 1.165) is 33.7 Å². The summed E-state index contributed by atoms with van der Waals surface area (Å²) in [5.41, 5.74) is 5.23. The lowest BCUT2D eigenvalue weighted by molar-refractivity contribution is -0.105. The van der Waals surface area contributed by atoms with Crippen molar-refractivity contribution < 1.29 is 9.53 Å². The summed E-state index contributed by atoms with van der Waals surface area (Å²) in [5.74, 6) is 0.957. The van der Waals surface area contributed by atoms with Gasteiger partial charge >= 0.3 is 0 Å². The highest BCUT2D eigenvalue weighted by molar-refractivity contribution is 5.76. The number of ether oxygens (including phenoxy) is 1. The molecule has 2 aromatic carbocycles. The average Bonchev–Trinajstić information content (AvgIpc) is 2.43. The number of anilines is 1. The van der Waals surface area contributed by atoms with Gasteiger partial charge in [-0.3, -0.25) is 4.79 Å². The third-order valence-corrected chi connectivity index (χ3v) is 3.17. The van der Waals surface area contributed by atoms with E-state index >= 15 is 0 Å². The molecule has 3 heteroatoms. The van der Waals surface area contributed by atoms with Gasteiger partial charge in [-0.05, 0) is 67.3 Å². The van der Waals surface area contributed by atoms with Gasteiger partial charge < -0.3 is 10.1 Å². The summed E-state index contributed by atoms with van der Waals surface area (Å²) in [4.78, 5) is 10.5. The van der Waals surface area contributed by atoms with Gasteiger partial charge in [0.2, 0.25) is 6.41 Å². The van der Waals surface area contributed by atoms with E-state index in [9.17, 15) is 4.79 Å². The van der Waals surface area contributed by atoms with Crippen molar-refractivity contribution in [1.82, 2.24) is 0 Å². The second-order valence-electron chi connectivity index (χ2n) is 4.72. The van der Waals surface area contributed by atoms with Crippen molar-refractivity contribution in [2.24, 2.45) is 0 Å². The van der Waals surface area contributed by atoms with Crippen molar-refractivity contribution in [1.29, 1.82) is 0 Å². The highest BCUT2D eigenvalue weighted by Gasteiger charge is 2.07. The van der Waals surface area contributed by atoms with E-state index in [2.05, 4.69) is 31.3 Å². The molecule has 20 heavy (non-hydrogen) atoms. The number of hydrogen-bond donors (Lipinski definition) is 1. The van der Waals surface area contributed by atoms with Gasteiger partial charge in [-0.1, -0.05) is 12.1 Å². The number of benzene rings is 2. The maximum absolute atomic E-state index is 10.5. The number of hydrogen-bond acceptors (Lipinski definition) is 2. The molecule has 0 bridgehead atoms. The normalized spacial score (nSPS) is 10.2. The van der Waals surface area contributed by atoms with Crippen LogP contribution in [0.15, 0.2) is 36.4 Å². The Morgan fingerprint density at radius 3 is 2.40 bits per heavy atom. The summed E-state index contributed by atoms with van der Waals surface area (Å²) >= 11 is 0. The molecule has 0 fully saturated rings. The zero-order valence-electron chi connectivity index (χ0n) is 12.1. The van der Waals surface area contributed by atoms with E-state index in [4.69, 9.17) is 4.74 Å². The quantitative estimate of drug-likeness (QED) is 0.835. The Balaban J connectivity index is 2.43. The molecule has 2 rings (SSSR count). The molecular formula is C17H19NO2. The SMILES string of the molecule is CCOc1c(C)cc(-c2cccc(NC=O)c2)cc1C. The van der Waals surface area contributed by atoms with Crippen LogP contribution in [0.2, 0.25) is 0 Å². The number of aryl methyl sites for hydroxylation is 2. The first-order chi connectivity index (χ1) is 9.65. The Hall–Kier alpha value is -2.29. The van der Waals surface area contributed by atoms with Crippen LogP contribution in [-0.4, -0.2) is 13.0 Å². The summed E-state index contributed by atoms with van der Waals surface area (Å²) < 4.78 is 5.66. The van der Waals surface area contributed by atoms with E-state index < -0.39 is 0 Å². The van der Waals surface area contributed by atoms with Crippen LogP contribution in [-0.2, 0) is 4.79 Å². The van der Waals surface area contributed by atoms with Gasteiger partial charge in [-0.2, -0.15) is 0 Å². The second kappa shape index (κ2) is 6.24. The monoisotopic (exact) mass is 269 g/mol. The molecule has 0 aromatic heterocycles. The Labute approximate surface area is 119 Å². The van der Waals surface area contributed by atoms with E-state index in [0.29, 0.717) is 13.0 Å². The molecular weight excluding hydrogens is 250 g/mol. The van der Waals surface area contributed by atoms with Crippen LogP contribution >= 0.6 is 0 Å². The average molecular weight is 269 g/mol. The number of carbonyl (C=O) groups is 1. The third-order valence-electron chi connectivity index (χ3n) is 3.17. The smallest absolute Gasteiger partial charge is 0.211 e. The molecule has 1 N–H and O–H groups in total. The van der Waals surface area contributed by atoms with Gasteiger partial charge in [0.25, 0.3) is 0 Å². The minimum atomic E-state index is 0.666. The van der Waals surface area contributed by atoms with Gasteiger partial charge in [0, 0.05) is 5.69 Å². The van der Waals surface area contributed by atoms with Crippen molar-refractivity contribution in [2.45, 2.75) is 20.8 Å². The standard InChI is InChI=1S/C17H19NO2/c1-4-20-17-12(2)8-15(9-13(17)3)14-6-5-7-16(10-14)18-11-19/h5-11H,4H2,1-3H3,(H,18,19). The van der Waals surface area contributed by atoms with Crippen LogP contribution in [0.25, 0.3) is 11.1 Å². The first-order valence-electron chi connectivity index (χ1n) is 6.70. The Kier molecular flexibility index (Phi) is 4.41. The van der Waals surface area contributed by atoms with Crippen molar-refractivity contribution >= 4 is 12.1 Å². The first-order valence-corrected chi connectivity index (χ1v) is 6.70. The predicted molar refractivity (Wildman–Crippen MR) is 82.2 cm³/mol. The van der Waals surface area contributed by atoms with Crippen LogP contribution in [0.5, 0.6) is 5.75 Å². The highest BCUT2D eigenvalue weighted by Crippen LogP contribution is 2.31. The summed E-state index contributed by atoms with van der Waals surface area (Å²) in [6.07, 6.45) is 0.688. The van der Waals surface area contributed by atoms with Crippen molar-refractivity contribution in [3.8, 4) is 16.9 Å². The van der Waals surface area contributed by atoms with E-state index in [1.165, 1.54) is 0 Å². The molecule has 0 atom stereocenters. The maximum Gasteiger partial charge on any atom is 0.211 e. The Morgan fingerprint density at radius 1 is 1.10 bits per heavy atom. The topological polar surface area (TPSA) is 38.3 Å². The van der Waals surface area contributed by atoms with Gasteiger partial charge in [-0.15, -0.1) is 0 Å². The predicted octanol–water partition coefficient (Wildman–Crippen LogP) is 3.94. The molecule has 0 aliphatic heterocycles. The summed E-state index contributed by atoms with van der Waals surface area (Å²) in [6, 6.07) is 12.0. The molecule has 0 radical (unpaired) electrons. The van der Waals surface area contributed by atoms with E-state index in [1.54, 1.807) is 0 Å². The molecule has 2 aromatic rings. The zero-order valence-corrected chi connectivity index (χ0v) is 12.1. The lowest BCUT2D eigenvalue weighted by Crippen LogP contribution is -1.97. The minimum absolute atomic E-state index is 0.666. The summed E-state index contributed by atoms with van der Waals surface area (Å²) in [6.45, 7) is 6.76. The molecule has 0 heterocycles. The molecule has 0 aliphatic carbocycles. The number of rotatable bonds is 5. The second-order valence-corrected chi connectivity index (χ2v) is 4.72. The fourth-order valence-corrected chi connectivity index (χ4v) is 2.35. The molecule has 0 unspecified atom stereocenters. The maximum atomic E-state index is 10.5. The van der Waals surface area contributed by atoms with Crippen molar-refractivity contribution in [2.75, 3.05) is 11.9 Å². The zero-order chi connectivity index (χ0) is 14.5. The first kappa shape index (κ1) is 14.1. The summed E-state index contributed by atoms with van der Waals surface area (Å²) in [7, 11) is 0. The van der Waals surface area contributed by atoms with Crippen LogP contribution in [0, 0.1) is 13.8 Å². The van der Waals surface area contributed by atoms with Crippen LogP contribution in [0.3, 0.4) is 0 Å². The van der Waals surface area contributed by atoms with E-state index in [-0.39, 0.29) is 0 Å². The van der Waals surface area contributed by atoms with Crippen LogP contribution in [0.4, 0.5) is 5.69 Å². The highest BCUT2D eigenvalue weighted by atomic mass is 16.5. The van der Waals surface area contributed by atoms with Gasteiger partial charge in [-0.25, -0.2) is 0 Å².